The summed E-state index contributed by atoms with van der Waals surface area (Å²) in [7, 11) is 0. The fourth-order valence-electron chi connectivity index (χ4n) is 4.16. The number of amides is 1. The summed E-state index contributed by atoms with van der Waals surface area (Å²) in [6.45, 7) is 5.30. The van der Waals surface area contributed by atoms with E-state index in [4.69, 9.17) is 9.47 Å². The Hall–Kier alpha value is -3.09. The molecule has 0 spiro atoms. The molecule has 0 fully saturated rings. The molecule has 150 valence electrons. The van der Waals surface area contributed by atoms with E-state index >= 15 is 0 Å². The lowest BCUT2D eigenvalue weighted by molar-refractivity contribution is 0.0941. The molecule has 29 heavy (non-hydrogen) atoms. The topological polar surface area (TPSA) is 77.8 Å². The minimum absolute atomic E-state index is 0.181. The molecule has 0 saturated carbocycles. The Labute approximate surface area is 169 Å². The number of fused-ring (bicyclic) bond motifs is 4. The van der Waals surface area contributed by atoms with Crippen molar-refractivity contribution >= 4 is 11.6 Å². The Bertz CT molecular complexity index is 1090. The zero-order valence-corrected chi connectivity index (χ0v) is 16.6. The number of hydrogen-bond donors (Lipinski definition) is 1. The minimum Gasteiger partial charge on any atom is -0.486 e. The first-order valence-corrected chi connectivity index (χ1v) is 10.1. The first kappa shape index (κ1) is 18.0. The van der Waals surface area contributed by atoms with Crippen LogP contribution < -0.4 is 14.8 Å². The standard InChI is InChI=1S/C22H24N4O3/c1-13-3-5-18-16(9-13)11-23-21-17(12-24-26(18)21)22(27)25-14(2)15-4-6-19-20(10-15)29-8-7-28-19/h4,6,10-14H,3,5,7-9H2,1-2H3,(H,25,27). The molecule has 1 N–H and O–H groups in total. The minimum atomic E-state index is -0.188. The molecule has 2 atom stereocenters. The number of ether oxygens (including phenoxy) is 2. The van der Waals surface area contributed by atoms with E-state index in [1.807, 2.05) is 35.8 Å². The van der Waals surface area contributed by atoms with Crippen molar-refractivity contribution in [2.45, 2.75) is 39.2 Å². The van der Waals surface area contributed by atoms with Crippen LogP contribution in [-0.4, -0.2) is 33.7 Å². The van der Waals surface area contributed by atoms with E-state index in [9.17, 15) is 4.79 Å². The number of nitrogens with zero attached hydrogens (tertiary/aromatic N) is 3. The van der Waals surface area contributed by atoms with Gasteiger partial charge in [-0.05, 0) is 55.4 Å². The van der Waals surface area contributed by atoms with Gasteiger partial charge in [0.2, 0.25) is 0 Å². The first-order chi connectivity index (χ1) is 14.1. The van der Waals surface area contributed by atoms with Gasteiger partial charge in [0.05, 0.1) is 12.2 Å². The molecule has 2 aromatic heterocycles. The van der Waals surface area contributed by atoms with E-state index in [0.717, 1.165) is 30.6 Å². The normalized spacial score (nSPS) is 18.9. The number of carbonyl (C=O) groups is 1. The second kappa shape index (κ2) is 7.06. The monoisotopic (exact) mass is 392 g/mol. The molecule has 3 aromatic rings. The summed E-state index contributed by atoms with van der Waals surface area (Å²) in [5.41, 5.74) is 4.47. The number of carbonyl (C=O) groups excluding carboxylic acids is 1. The molecular formula is C22H24N4O3. The van der Waals surface area contributed by atoms with Crippen molar-refractivity contribution in [3.8, 4) is 11.5 Å². The van der Waals surface area contributed by atoms with Crippen LogP contribution in [0.15, 0.2) is 30.6 Å². The Morgan fingerprint density at radius 1 is 1.24 bits per heavy atom. The fraction of sp³-hybridized carbons (Fsp3) is 0.409. The second-order valence-corrected chi connectivity index (χ2v) is 7.97. The number of rotatable bonds is 3. The summed E-state index contributed by atoms with van der Waals surface area (Å²) < 4.78 is 13.1. The van der Waals surface area contributed by atoms with Crippen LogP contribution in [0, 0.1) is 5.92 Å². The van der Waals surface area contributed by atoms with Gasteiger partial charge in [-0.1, -0.05) is 13.0 Å². The Kier molecular flexibility index (Phi) is 4.38. The van der Waals surface area contributed by atoms with Crippen LogP contribution in [0.2, 0.25) is 0 Å². The van der Waals surface area contributed by atoms with E-state index < -0.39 is 0 Å². The van der Waals surface area contributed by atoms with Crippen LogP contribution in [0.25, 0.3) is 5.65 Å². The molecule has 1 aliphatic carbocycles. The summed E-state index contributed by atoms with van der Waals surface area (Å²) in [6, 6.07) is 5.57. The summed E-state index contributed by atoms with van der Waals surface area (Å²) in [5, 5.41) is 7.53. The number of hydrogen-bond acceptors (Lipinski definition) is 5. The third-order valence-electron chi connectivity index (χ3n) is 5.81. The molecule has 0 saturated heterocycles. The lowest BCUT2D eigenvalue weighted by atomic mass is 9.89. The number of nitrogens with one attached hydrogen (secondary N) is 1. The largest absolute Gasteiger partial charge is 0.486 e. The van der Waals surface area contributed by atoms with E-state index in [0.29, 0.717) is 36.1 Å². The second-order valence-electron chi connectivity index (χ2n) is 7.97. The number of benzene rings is 1. The van der Waals surface area contributed by atoms with E-state index in [1.165, 1.54) is 11.3 Å². The van der Waals surface area contributed by atoms with Gasteiger partial charge in [-0.25, -0.2) is 9.50 Å². The molecule has 5 rings (SSSR count). The van der Waals surface area contributed by atoms with Crippen molar-refractivity contribution < 1.29 is 14.3 Å². The Morgan fingerprint density at radius 2 is 2.07 bits per heavy atom. The van der Waals surface area contributed by atoms with Crippen molar-refractivity contribution in [2.24, 2.45) is 5.92 Å². The third kappa shape index (κ3) is 3.20. The van der Waals surface area contributed by atoms with Crippen molar-refractivity contribution in [2.75, 3.05) is 13.2 Å². The third-order valence-corrected chi connectivity index (χ3v) is 5.81. The molecule has 2 aliphatic rings. The SMILES string of the molecule is CC1CCc2c(cnc3c(C(=O)NC(C)c4ccc5c(c4)OCCO5)cnn23)C1. The molecular weight excluding hydrogens is 368 g/mol. The molecule has 1 aromatic carbocycles. The Balaban J connectivity index is 1.39. The predicted molar refractivity (Wildman–Crippen MR) is 107 cm³/mol. The maximum Gasteiger partial charge on any atom is 0.257 e. The molecule has 2 unspecified atom stereocenters. The van der Waals surface area contributed by atoms with E-state index in [-0.39, 0.29) is 11.9 Å². The lowest BCUT2D eigenvalue weighted by Gasteiger charge is -2.21. The summed E-state index contributed by atoms with van der Waals surface area (Å²) in [5.74, 6) is 1.93. The van der Waals surface area contributed by atoms with Crippen molar-refractivity contribution in [3.05, 3.63) is 53.0 Å². The molecule has 0 bridgehead atoms. The fourth-order valence-corrected chi connectivity index (χ4v) is 4.16. The first-order valence-electron chi connectivity index (χ1n) is 10.1. The Morgan fingerprint density at radius 3 is 2.93 bits per heavy atom. The smallest absolute Gasteiger partial charge is 0.257 e. The van der Waals surface area contributed by atoms with Crippen LogP contribution in [0.4, 0.5) is 0 Å². The van der Waals surface area contributed by atoms with Crippen LogP contribution in [0.3, 0.4) is 0 Å². The van der Waals surface area contributed by atoms with Crippen molar-refractivity contribution in [1.29, 1.82) is 0 Å². The zero-order valence-electron chi connectivity index (χ0n) is 16.6. The van der Waals surface area contributed by atoms with Gasteiger partial charge in [-0.2, -0.15) is 5.10 Å². The van der Waals surface area contributed by atoms with Crippen LogP contribution in [0.1, 0.15) is 53.5 Å². The average Bonchev–Trinajstić information content (AvgIpc) is 3.17. The summed E-state index contributed by atoms with van der Waals surface area (Å²) >= 11 is 0. The summed E-state index contributed by atoms with van der Waals surface area (Å²) in [4.78, 5) is 17.5. The van der Waals surface area contributed by atoms with Crippen molar-refractivity contribution in [3.63, 3.8) is 0 Å². The van der Waals surface area contributed by atoms with Gasteiger partial charge in [0.25, 0.3) is 5.91 Å². The molecule has 7 heteroatoms. The highest BCUT2D eigenvalue weighted by Crippen LogP contribution is 2.32. The molecule has 1 aliphatic heterocycles. The van der Waals surface area contributed by atoms with Crippen LogP contribution >= 0.6 is 0 Å². The average molecular weight is 392 g/mol. The van der Waals surface area contributed by atoms with Gasteiger partial charge < -0.3 is 14.8 Å². The lowest BCUT2D eigenvalue weighted by Crippen LogP contribution is -2.27. The highest BCUT2D eigenvalue weighted by Gasteiger charge is 2.23. The van der Waals surface area contributed by atoms with Crippen LogP contribution in [0.5, 0.6) is 11.5 Å². The van der Waals surface area contributed by atoms with Gasteiger partial charge in [-0.3, -0.25) is 4.79 Å². The van der Waals surface area contributed by atoms with Gasteiger partial charge in [0, 0.05) is 11.9 Å². The zero-order chi connectivity index (χ0) is 20.0. The van der Waals surface area contributed by atoms with Gasteiger partial charge in [0.15, 0.2) is 17.1 Å². The highest BCUT2D eigenvalue weighted by molar-refractivity contribution is 5.99. The van der Waals surface area contributed by atoms with E-state index in [2.05, 4.69) is 22.3 Å². The number of aryl methyl sites for hydroxylation is 1. The van der Waals surface area contributed by atoms with Crippen LogP contribution in [-0.2, 0) is 12.8 Å². The molecule has 7 nitrogen and oxygen atoms in total. The van der Waals surface area contributed by atoms with Gasteiger partial charge in [0.1, 0.15) is 18.8 Å². The number of aromatic nitrogens is 3. The highest BCUT2D eigenvalue weighted by atomic mass is 16.6. The summed E-state index contributed by atoms with van der Waals surface area (Å²) in [6.07, 6.45) is 6.64. The van der Waals surface area contributed by atoms with Gasteiger partial charge in [-0.15, -0.1) is 0 Å². The quantitative estimate of drug-likeness (QED) is 0.741. The molecule has 1 amide bonds. The maximum atomic E-state index is 13.0. The predicted octanol–water partition coefficient (Wildman–Crippen LogP) is 3.12. The van der Waals surface area contributed by atoms with E-state index in [1.54, 1.807) is 6.20 Å². The van der Waals surface area contributed by atoms with Crippen molar-refractivity contribution in [1.82, 2.24) is 19.9 Å². The molecule has 0 radical (unpaired) electrons. The maximum absolute atomic E-state index is 13.0. The molecule has 3 heterocycles. The van der Waals surface area contributed by atoms with Gasteiger partial charge >= 0.3 is 0 Å².